The van der Waals surface area contributed by atoms with Gasteiger partial charge in [0.15, 0.2) is 0 Å². The van der Waals surface area contributed by atoms with Gasteiger partial charge in [0.25, 0.3) is 0 Å². The van der Waals surface area contributed by atoms with Gasteiger partial charge in [-0.15, -0.1) is 0 Å². The Morgan fingerprint density at radius 2 is 1.71 bits per heavy atom. The Labute approximate surface area is 145 Å². The average molecular weight is 336 g/mol. The summed E-state index contributed by atoms with van der Waals surface area (Å²) < 4.78 is 9.92. The third kappa shape index (κ3) is 8.70. The quantitative estimate of drug-likeness (QED) is 0.363. The predicted octanol–water partition coefficient (Wildman–Crippen LogP) is 4.66. The molecule has 1 aromatic carbocycles. The van der Waals surface area contributed by atoms with Crippen LogP contribution in [0, 0.1) is 0 Å². The number of carbonyl (C=O) groups excluding carboxylic acids is 1. The summed E-state index contributed by atoms with van der Waals surface area (Å²) in [5.74, 6) is 0. The van der Waals surface area contributed by atoms with Crippen LogP contribution in [-0.2, 0) is 16.1 Å². The molecule has 24 heavy (non-hydrogen) atoms. The van der Waals surface area contributed by atoms with E-state index in [4.69, 9.17) is 9.47 Å². The third-order valence-electron chi connectivity index (χ3n) is 3.68. The monoisotopic (exact) mass is 336 g/mol. The Balaban J connectivity index is 2.33. The first kappa shape index (κ1) is 20.2. The van der Waals surface area contributed by atoms with Gasteiger partial charge < -0.3 is 9.47 Å². The summed E-state index contributed by atoms with van der Waals surface area (Å²) in [6, 6.07) is 9.44. The van der Waals surface area contributed by atoms with Crippen molar-refractivity contribution in [1.29, 1.82) is 0 Å². The molecule has 0 spiro atoms. The van der Waals surface area contributed by atoms with Gasteiger partial charge in [0.05, 0.1) is 0 Å². The van der Waals surface area contributed by atoms with Crippen LogP contribution in [0.1, 0.15) is 45.1 Å². The SMILES string of the molecule is CCCC[N+](O)(/C=C/COC(=O)OCc1ccccc1)CCCC. The van der Waals surface area contributed by atoms with Gasteiger partial charge >= 0.3 is 6.16 Å². The van der Waals surface area contributed by atoms with Crippen molar-refractivity contribution in [3.63, 3.8) is 0 Å². The van der Waals surface area contributed by atoms with Crippen LogP contribution >= 0.6 is 0 Å². The minimum absolute atomic E-state index is 0.0897. The number of hydroxylamine groups is 3. The van der Waals surface area contributed by atoms with E-state index < -0.39 is 6.16 Å². The van der Waals surface area contributed by atoms with E-state index in [1.165, 1.54) is 0 Å². The van der Waals surface area contributed by atoms with E-state index in [9.17, 15) is 10.0 Å². The van der Waals surface area contributed by atoms with Crippen LogP contribution in [-0.4, -0.2) is 35.7 Å². The lowest BCUT2D eigenvalue weighted by Gasteiger charge is -2.25. The van der Waals surface area contributed by atoms with E-state index in [-0.39, 0.29) is 17.9 Å². The first-order valence-corrected chi connectivity index (χ1v) is 8.70. The van der Waals surface area contributed by atoms with Gasteiger partial charge in [-0.05, 0) is 18.4 Å². The zero-order valence-electron chi connectivity index (χ0n) is 14.8. The minimum Gasteiger partial charge on any atom is -0.430 e. The van der Waals surface area contributed by atoms with Crippen LogP contribution in [0.3, 0.4) is 0 Å². The molecular weight excluding hydrogens is 306 g/mol. The number of quaternary nitrogens is 1. The highest BCUT2D eigenvalue weighted by Gasteiger charge is 2.20. The van der Waals surface area contributed by atoms with E-state index in [0.29, 0.717) is 13.1 Å². The number of hydrogen-bond donors (Lipinski definition) is 1. The normalized spacial score (nSPS) is 11.6. The molecule has 0 aromatic heterocycles. The highest BCUT2D eigenvalue weighted by atomic mass is 16.7. The lowest BCUT2D eigenvalue weighted by atomic mass is 10.2. The van der Waals surface area contributed by atoms with Crippen molar-refractivity contribution in [1.82, 2.24) is 0 Å². The predicted molar refractivity (Wildman–Crippen MR) is 93.3 cm³/mol. The molecular formula is C19H30NO4+. The van der Waals surface area contributed by atoms with Gasteiger partial charge in [-0.3, -0.25) is 0 Å². The highest BCUT2D eigenvalue weighted by Crippen LogP contribution is 2.10. The zero-order chi connectivity index (χ0) is 17.7. The second-order valence-corrected chi connectivity index (χ2v) is 5.86. The van der Waals surface area contributed by atoms with Gasteiger partial charge in [-0.25, -0.2) is 10.0 Å². The van der Waals surface area contributed by atoms with Crippen LogP contribution in [0.4, 0.5) is 4.79 Å². The fraction of sp³-hybridized carbons (Fsp3) is 0.526. The Bertz CT molecular complexity index is 479. The molecule has 0 amide bonds. The van der Waals surface area contributed by atoms with Crippen molar-refractivity contribution in [2.75, 3.05) is 19.7 Å². The van der Waals surface area contributed by atoms with Gasteiger partial charge in [0, 0.05) is 6.08 Å². The van der Waals surface area contributed by atoms with Gasteiger partial charge in [0.1, 0.15) is 32.5 Å². The molecule has 1 rings (SSSR count). The van der Waals surface area contributed by atoms with E-state index in [1.807, 2.05) is 30.3 Å². The van der Waals surface area contributed by atoms with Gasteiger partial charge in [-0.1, -0.05) is 57.0 Å². The molecule has 0 atom stereocenters. The van der Waals surface area contributed by atoms with E-state index in [0.717, 1.165) is 31.2 Å². The maximum absolute atomic E-state index is 11.5. The number of benzene rings is 1. The average Bonchev–Trinajstić information content (AvgIpc) is 2.61. The maximum atomic E-state index is 11.5. The molecule has 0 unspecified atom stereocenters. The molecule has 0 saturated heterocycles. The second-order valence-electron chi connectivity index (χ2n) is 5.86. The van der Waals surface area contributed by atoms with Crippen LogP contribution in [0.25, 0.3) is 0 Å². The second kappa shape index (κ2) is 11.6. The molecule has 1 aromatic rings. The standard InChI is InChI=1S/C19H30NO4/c1-3-5-13-20(22,14-6-4-2)15-10-16-23-19(21)24-17-18-11-8-7-9-12-18/h7-12,15,22H,3-6,13-14,16-17H2,1-2H3/q+1/b15-10+. The van der Waals surface area contributed by atoms with Crippen LogP contribution in [0.2, 0.25) is 0 Å². The molecule has 0 aliphatic heterocycles. The number of hydrogen-bond acceptors (Lipinski definition) is 4. The topological polar surface area (TPSA) is 55.8 Å². The Kier molecular flexibility index (Phi) is 9.80. The molecule has 5 nitrogen and oxygen atoms in total. The van der Waals surface area contributed by atoms with Crippen molar-refractivity contribution >= 4 is 6.16 Å². The number of rotatable bonds is 11. The number of nitrogens with zero attached hydrogens (tertiary/aromatic N) is 1. The lowest BCUT2D eigenvalue weighted by molar-refractivity contribution is -1.06. The summed E-state index contributed by atoms with van der Waals surface area (Å²) in [5, 5.41) is 10.6. The summed E-state index contributed by atoms with van der Waals surface area (Å²) in [7, 11) is 0. The van der Waals surface area contributed by atoms with Crippen molar-refractivity contribution in [3.8, 4) is 0 Å². The van der Waals surface area contributed by atoms with Crippen molar-refractivity contribution in [2.45, 2.75) is 46.1 Å². The molecule has 1 N–H and O–H groups in total. The van der Waals surface area contributed by atoms with Gasteiger partial charge in [-0.2, -0.15) is 4.65 Å². The first-order valence-electron chi connectivity index (χ1n) is 8.70. The lowest BCUT2D eigenvalue weighted by Crippen LogP contribution is -2.41. The largest absolute Gasteiger partial charge is 0.508 e. The van der Waals surface area contributed by atoms with Crippen molar-refractivity contribution in [3.05, 3.63) is 48.2 Å². The Hall–Kier alpha value is -1.85. The number of carbonyl (C=O) groups is 1. The minimum atomic E-state index is -0.707. The van der Waals surface area contributed by atoms with Gasteiger partial charge in [0.2, 0.25) is 0 Å². The third-order valence-corrected chi connectivity index (χ3v) is 3.68. The van der Waals surface area contributed by atoms with Crippen LogP contribution in [0.15, 0.2) is 42.6 Å². The summed E-state index contributed by atoms with van der Waals surface area (Å²) in [4.78, 5) is 11.5. The van der Waals surface area contributed by atoms with E-state index in [1.54, 1.807) is 12.3 Å². The van der Waals surface area contributed by atoms with Crippen LogP contribution < -0.4 is 0 Å². The molecule has 0 bridgehead atoms. The summed E-state index contributed by atoms with van der Waals surface area (Å²) in [6.07, 6.45) is 6.63. The fourth-order valence-corrected chi connectivity index (χ4v) is 2.24. The molecule has 0 aliphatic rings. The number of ether oxygens (including phenoxy) is 2. The van der Waals surface area contributed by atoms with Crippen molar-refractivity contribution in [2.24, 2.45) is 0 Å². The maximum Gasteiger partial charge on any atom is 0.508 e. The molecule has 134 valence electrons. The smallest absolute Gasteiger partial charge is 0.430 e. The van der Waals surface area contributed by atoms with Crippen molar-refractivity contribution < 1.29 is 24.1 Å². The summed E-state index contributed by atoms with van der Waals surface area (Å²) in [6.45, 7) is 5.82. The molecule has 0 radical (unpaired) electrons. The molecule has 5 heteroatoms. The van der Waals surface area contributed by atoms with E-state index >= 15 is 0 Å². The molecule has 0 fully saturated rings. The number of unbranched alkanes of at least 4 members (excludes halogenated alkanes) is 2. The Morgan fingerprint density at radius 1 is 1.08 bits per heavy atom. The highest BCUT2D eigenvalue weighted by molar-refractivity contribution is 5.60. The van der Waals surface area contributed by atoms with Crippen LogP contribution in [0.5, 0.6) is 0 Å². The molecule has 0 heterocycles. The molecule has 0 aliphatic carbocycles. The molecule has 0 saturated carbocycles. The Morgan fingerprint density at radius 3 is 2.29 bits per heavy atom. The first-order chi connectivity index (χ1) is 11.6. The van der Waals surface area contributed by atoms with E-state index in [2.05, 4.69) is 13.8 Å². The summed E-state index contributed by atoms with van der Waals surface area (Å²) >= 11 is 0. The summed E-state index contributed by atoms with van der Waals surface area (Å²) in [5.41, 5.74) is 0.912. The zero-order valence-corrected chi connectivity index (χ0v) is 14.8. The fourth-order valence-electron chi connectivity index (χ4n) is 2.24.